The molecular weight excluding hydrogens is 212 g/mol. The van der Waals surface area contributed by atoms with Crippen molar-refractivity contribution in [1.29, 1.82) is 0 Å². The molecule has 1 fully saturated rings. The number of fused-ring (bicyclic) bond motifs is 1. The molecule has 2 nitrogen and oxygen atoms in total. The van der Waals surface area contributed by atoms with Crippen molar-refractivity contribution in [3.63, 3.8) is 0 Å². The number of aliphatic hydroxyl groups is 2. The van der Waals surface area contributed by atoms with Crippen LogP contribution >= 0.6 is 0 Å². The topological polar surface area (TPSA) is 40.5 Å². The largest absolute Gasteiger partial charge is 0.393 e. The maximum Gasteiger partial charge on any atom is 0.0948 e. The zero-order valence-electron chi connectivity index (χ0n) is 11.2. The fourth-order valence-electron chi connectivity index (χ4n) is 3.34. The van der Waals surface area contributed by atoms with E-state index >= 15 is 0 Å². The monoisotopic (exact) mass is 236 g/mol. The Kier molecular flexibility index (Phi) is 3.46. The normalized spacial score (nSPS) is 33.7. The van der Waals surface area contributed by atoms with Crippen LogP contribution in [0.4, 0.5) is 0 Å². The summed E-state index contributed by atoms with van der Waals surface area (Å²) in [6, 6.07) is 0. The van der Waals surface area contributed by atoms with Gasteiger partial charge in [0.25, 0.3) is 0 Å². The summed E-state index contributed by atoms with van der Waals surface area (Å²) >= 11 is 0. The molecule has 0 unspecified atom stereocenters. The predicted molar refractivity (Wildman–Crippen MR) is 69.7 cm³/mol. The molecule has 2 aliphatic rings. The van der Waals surface area contributed by atoms with Crippen molar-refractivity contribution in [2.24, 2.45) is 5.92 Å². The minimum absolute atomic E-state index is 0.107. The second-order valence-electron chi connectivity index (χ2n) is 5.93. The molecule has 0 spiro atoms. The van der Waals surface area contributed by atoms with Crippen LogP contribution in [0.25, 0.3) is 0 Å². The highest BCUT2D eigenvalue weighted by Gasteiger charge is 2.45. The molecule has 96 valence electrons. The summed E-state index contributed by atoms with van der Waals surface area (Å²) in [5.74, 6) is 0.153. The van der Waals surface area contributed by atoms with Gasteiger partial charge in [-0.3, -0.25) is 0 Å². The molecule has 0 aliphatic heterocycles. The quantitative estimate of drug-likeness (QED) is 0.687. The molecule has 0 heterocycles. The first-order valence-electron chi connectivity index (χ1n) is 6.65. The molecule has 1 saturated carbocycles. The van der Waals surface area contributed by atoms with Crippen molar-refractivity contribution in [3.05, 3.63) is 22.3 Å². The number of hydrogen-bond donors (Lipinski definition) is 2. The Bertz CT molecular complexity index is 374. The van der Waals surface area contributed by atoms with Crippen LogP contribution < -0.4 is 0 Å². The lowest BCUT2D eigenvalue weighted by atomic mass is 9.83. The lowest BCUT2D eigenvalue weighted by molar-refractivity contribution is -0.0387. The van der Waals surface area contributed by atoms with E-state index in [2.05, 4.69) is 20.8 Å². The fraction of sp³-hybridized carbons (Fsp3) is 0.733. The van der Waals surface area contributed by atoms with Gasteiger partial charge < -0.3 is 10.2 Å². The lowest BCUT2D eigenvalue weighted by Crippen LogP contribution is -2.37. The first kappa shape index (κ1) is 12.8. The van der Waals surface area contributed by atoms with Gasteiger partial charge in [-0.05, 0) is 52.9 Å². The van der Waals surface area contributed by atoms with E-state index in [4.69, 9.17) is 0 Å². The second kappa shape index (κ2) is 4.58. The minimum Gasteiger partial charge on any atom is -0.393 e. The molecule has 2 heteroatoms. The van der Waals surface area contributed by atoms with E-state index in [-0.39, 0.29) is 12.5 Å². The highest BCUT2D eigenvalue weighted by Crippen LogP contribution is 2.48. The number of rotatable bonds is 1. The molecule has 0 aromatic heterocycles. The Morgan fingerprint density at radius 3 is 2.59 bits per heavy atom. The molecule has 0 saturated heterocycles. The molecule has 0 aromatic carbocycles. The van der Waals surface area contributed by atoms with Crippen molar-refractivity contribution in [2.75, 3.05) is 6.61 Å². The van der Waals surface area contributed by atoms with Gasteiger partial charge in [-0.2, -0.15) is 0 Å². The average molecular weight is 236 g/mol. The predicted octanol–water partition coefficient (Wildman–Crippen LogP) is 2.96. The van der Waals surface area contributed by atoms with Crippen LogP contribution in [0.15, 0.2) is 22.3 Å². The van der Waals surface area contributed by atoms with E-state index in [1.165, 1.54) is 22.3 Å². The molecule has 17 heavy (non-hydrogen) atoms. The Balaban J connectivity index is 2.38. The number of aliphatic hydroxyl groups excluding tert-OH is 1. The van der Waals surface area contributed by atoms with Crippen LogP contribution in [0.5, 0.6) is 0 Å². The molecule has 2 atom stereocenters. The van der Waals surface area contributed by atoms with Gasteiger partial charge in [0.2, 0.25) is 0 Å². The van der Waals surface area contributed by atoms with E-state index in [0.717, 1.165) is 32.1 Å². The fourth-order valence-corrected chi connectivity index (χ4v) is 3.34. The molecule has 2 N–H and O–H groups in total. The van der Waals surface area contributed by atoms with Crippen molar-refractivity contribution in [1.82, 2.24) is 0 Å². The van der Waals surface area contributed by atoms with Gasteiger partial charge in [-0.15, -0.1) is 0 Å². The molecule has 2 rings (SSSR count). The highest BCUT2D eigenvalue weighted by atomic mass is 16.3. The smallest absolute Gasteiger partial charge is 0.0948 e. The minimum atomic E-state index is -0.873. The summed E-state index contributed by atoms with van der Waals surface area (Å²) in [6.07, 6.45) is 4.86. The third-order valence-electron chi connectivity index (χ3n) is 4.68. The van der Waals surface area contributed by atoms with E-state index in [0.29, 0.717) is 0 Å². The standard InChI is InChI=1S/C15H24O2/c1-10(2)12-5-4-11(3)13-6-7-15(17,9-16)14(13)8-12/h14,16-17H,4-9H2,1-3H3/t14-,15-/m0/s1. The van der Waals surface area contributed by atoms with E-state index in [1.54, 1.807) is 0 Å². The summed E-state index contributed by atoms with van der Waals surface area (Å²) in [4.78, 5) is 0. The van der Waals surface area contributed by atoms with Crippen molar-refractivity contribution in [3.8, 4) is 0 Å². The number of allylic oxidation sites excluding steroid dienone is 3. The summed E-state index contributed by atoms with van der Waals surface area (Å²) in [5, 5.41) is 20.0. The van der Waals surface area contributed by atoms with Gasteiger partial charge in [-0.25, -0.2) is 0 Å². The van der Waals surface area contributed by atoms with Gasteiger partial charge >= 0.3 is 0 Å². The van der Waals surface area contributed by atoms with Crippen LogP contribution in [0.1, 0.15) is 52.9 Å². The average Bonchev–Trinajstić information content (AvgIpc) is 2.51. The Morgan fingerprint density at radius 1 is 1.29 bits per heavy atom. The molecule has 0 bridgehead atoms. The van der Waals surface area contributed by atoms with Crippen molar-refractivity contribution >= 4 is 0 Å². The van der Waals surface area contributed by atoms with Crippen molar-refractivity contribution < 1.29 is 10.2 Å². The summed E-state index contributed by atoms with van der Waals surface area (Å²) in [6.45, 7) is 6.40. The van der Waals surface area contributed by atoms with E-state index in [1.807, 2.05) is 0 Å². The summed E-state index contributed by atoms with van der Waals surface area (Å²) in [5.41, 5.74) is 4.83. The Morgan fingerprint density at radius 2 is 2.00 bits per heavy atom. The maximum atomic E-state index is 10.5. The van der Waals surface area contributed by atoms with Crippen LogP contribution in [0.2, 0.25) is 0 Å². The van der Waals surface area contributed by atoms with Gasteiger partial charge in [0, 0.05) is 5.92 Å². The van der Waals surface area contributed by atoms with E-state index in [9.17, 15) is 10.2 Å². The molecular formula is C15H24O2. The third-order valence-corrected chi connectivity index (χ3v) is 4.68. The zero-order valence-corrected chi connectivity index (χ0v) is 11.2. The van der Waals surface area contributed by atoms with Gasteiger partial charge in [0.1, 0.15) is 0 Å². The van der Waals surface area contributed by atoms with Gasteiger partial charge in [-0.1, -0.05) is 22.3 Å². The molecule has 2 aliphatic carbocycles. The lowest BCUT2D eigenvalue weighted by Gasteiger charge is -2.29. The van der Waals surface area contributed by atoms with Crippen LogP contribution in [-0.4, -0.2) is 22.4 Å². The maximum absolute atomic E-state index is 10.5. The van der Waals surface area contributed by atoms with Gasteiger partial charge in [0.05, 0.1) is 12.2 Å². The van der Waals surface area contributed by atoms with Crippen LogP contribution in [-0.2, 0) is 0 Å². The Labute approximate surface area is 104 Å². The van der Waals surface area contributed by atoms with Crippen molar-refractivity contribution in [2.45, 2.75) is 58.5 Å². The van der Waals surface area contributed by atoms with E-state index < -0.39 is 5.60 Å². The van der Waals surface area contributed by atoms with Gasteiger partial charge in [0.15, 0.2) is 0 Å². The first-order chi connectivity index (χ1) is 7.98. The Hall–Kier alpha value is -0.600. The van der Waals surface area contributed by atoms with Crippen LogP contribution in [0.3, 0.4) is 0 Å². The van der Waals surface area contributed by atoms with Crippen LogP contribution in [0, 0.1) is 5.92 Å². The molecule has 0 amide bonds. The summed E-state index contributed by atoms with van der Waals surface area (Å²) < 4.78 is 0. The highest BCUT2D eigenvalue weighted by molar-refractivity contribution is 5.31. The molecule has 0 radical (unpaired) electrons. The first-order valence-corrected chi connectivity index (χ1v) is 6.65. The summed E-state index contributed by atoms with van der Waals surface area (Å²) in [7, 11) is 0. The SMILES string of the molecule is CC(C)=C1CCC(C)=C2CC[C@](O)(CO)[C@H]2C1. The third kappa shape index (κ3) is 2.21. The second-order valence-corrected chi connectivity index (χ2v) is 5.93. The molecule has 0 aromatic rings. The number of hydrogen-bond acceptors (Lipinski definition) is 2. The zero-order chi connectivity index (χ0) is 12.6.